The molecule has 0 radical (unpaired) electrons. The first kappa shape index (κ1) is 13.7. The first-order chi connectivity index (χ1) is 11.1. The summed E-state index contributed by atoms with van der Waals surface area (Å²) in [5, 5.41) is 10.9. The van der Waals surface area contributed by atoms with Gasteiger partial charge in [0.2, 0.25) is 0 Å². The topological polar surface area (TPSA) is 74.5 Å². The van der Waals surface area contributed by atoms with Gasteiger partial charge in [-0.3, -0.25) is 4.79 Å². The molecule has 0 aliphatic heterocycles. The molecule has 0 N–H and O–H groups in total. The second-order valence-corrected chi connectivity index (χ2v) is 6.06. The van der Waals surface area contributed by atoms with Crippen LogP contribution in [0.2, 0.25) is 0 Å². The summed E-state index contributed by atoms with van der Waals surface area (Å²) in [6.07, 6.45) is 1.67. The largest absolute Gasteiger partial charge is 0.545 e. The lowest BCUT2D eigenvalue weighted by Gasteiger charge is -2.01. The molecule has 4 aromatic rings. The smallest absolute Gasteiger partial charge is 0.274 e. The van der Waals surface area contributed by atoms with Gasteiger partial charge in [0.25, 0.3) is 5.56 Å². The lowest BCUT2D eigenvalue weighted by atomic mass is 10.1. The Morgan fingerprint density at radius 1 is 1.17 bits per heavy atom. The molecule has 2 aromatic carbocycles. The van der Waals surface area contributed by atoms with Crippen LogP contribution in [0.25, 0.3) is 22.1 Å². The Labute approximate surface area is 133 Å². The molecule has 6 heteroatoms. The molecule has 2 heterocycles. The minimum atomic E-state index is -1.24. The van der Waals surface area contributed by atoms with Gasteiger partial charge in [-0.05, 0) is 35.4 Å². The number of rotatable bonds is 2. The maximum atomic E-state index is 12.6. The second kappa shape index (κ2) is 5.03. The third-order valence-corrected chi connectivity index (χ3v) is 4.53. The van der Waals surface area contributed by atoms with E-state index in [1.54, 1.807) is 22.6 Å². The summed E-state index contributed by atoms with van der Waals surface area (Å²) in [6.45, 7) is 0. The molecule has 0 saturated carbocycles. The second-order valence-electron chi connectivity index (χ2n) is 5.05. The molecule has 23 heavy (non-hydrogen) atoms. The van der Waals surface area contributed by atoms with E-state index in [0.717, 1.165) is 11.0 Å². The zero-order valence-corrected chi connectivity index (χ0v) is 12.5. The minimum Gasteiger partial charge on any atom is -0.545 e. The molecule has 0 aliphatic rings. The summed E-state index contributed by atoms with van der Waals surface area (Å²) in [4.78, 5) is 28.6. The van der Waals surface area contributed by atoms with Crippen molar-refractivity contribution in [3.8, 4) is 0 Å². The van der Waals surface area contributed by atoms with E-state index in [0.29, 0.717) is 15.1 Å². The number of aromatic nitrogens is 2. The fourth-order valence-electron chi connectivity index (χ4n) is 2.52. The van der Waals surface area contributed by atoms with Crippen LogP contribution in [0.4, 0.5) is 0 Å². The molecular weight excluding hydrogens is 312 g/mol. The zero-order valence-electron chi connectivity index (χ0n) is 11.7. The molecular formula is C17H9N2O3S-. The van der Waals surface area contributed by atoms with Gasteiger partial charge in [0, 0.05) is 0 Å². The van der Waals surface area contributed by atoms with Crippen molar-refractivity contribution in [3.05, 3.63) is 74.5 Å². The predicted molar refractivity (Wildman–Crippen MR) is 86.4 cm³/mol. The Morgan fingerprint density at radius 2 is 2.00 bits per heavy atom. The van der Waals surface area contributed by atoms with Crippen molar-refractivity contribution >= 4 is 39.4 Å². The summed E-state index contributed by atoms with van der Waals surface area (Å²) in [7, 11) is 0. The number of imidazole rings is 1. The molecule has 0 amide bonds. The molecule has 0 aliphatic carbocycles. The fourth-order valence-corrected chi connectivity index (χ4v) is 3.51. The van der Waals surface area contributed by atoms with Crippen LogP contribution in [0.15, 0.2) is 53.3 Å². The van der Waals surface area contributed by atoms with E-state index in [1.807, 2.05) is 24.3 Å². The average molecular weight is 321 g/mol. The van der Waals surface area contributed by atoms with E-state index >= 15 is 0 Å². The SMILES string of the molecule is O=C([O-])c1cccc(C=c2sc3nc4ccccc4n3c2=O)c1. The van der Waals surface area contributed by atoms with Gasteiger partial charge in [-0.25, -0.2) is 9.38 Å². The minimum absolute atomic E-state index is 0.0815. The number of aromatic carboxylic acids is 1. The third-order valence-electron chi connectivity index (χ3n) is 3.57. The van der Waals surface area contributed by atoms with Crippen LogP contribution in [-0.2, 0) is 0 Å². The number of nitrogens with zero attached hydrogens (tertiary/aromatic N) is 2. The molecule has 0 unspecified atom stereocenters. The lowest BCUT2D eigenvalue weighted by Crippen LogP contribution is -2.23. The number of thiazole rings is 1. The number of carboxylic acid groups (broad SMARTS) is 1. The molecule has 0 atom stereocenters. The third kappa shape index (κ3) is 2.20. The highest BCUT2D eigenvalue weighted by Gasteiger charge is 2.10. The van der Waals surface area contributed by atoms with Gasteiger partial charge in [0.15, 0.2) is 4.96 Å². The van der Waals surface area contributed by atoms with Crippen LogP contribution in [0.5, 0.6) is 0 Å². The summed E-state index contributed by atoms with van der Waals surface area (Å²) in [6, 6.07) is 13.8. The van der Waals surface area contributed by atoms with E-state index in [2.05, 4.69) is 4.98 Å². The molecule has 0 fully saturated rings. The highest BCUT2D eigenvalue weighted by atomic mass is 32.1. The molecule has 0 spiro atoms. The van der Waals surface area contributed by atoms with Gasteiger partial charge >= 0.3 is 0 Å². The fraction of sp³-hybridized carbons (Fsp3) is 0. The highest BCUT2D eigenvalue weighted by molar-refractivity contribution is 7.15. The molecule has 2 aromatic heterocycles. The van der Waals surface area contributed by atoms with Gasteiger partial charge in [-0.2, -0.15) is 0 Å². The Kier molecular flexibility index (Phi) is 2.99. The van der Waals surface area contributed by atoms with Crippen molar-refractivity contribution in [3.63, 3.8) is 0 Å². The number of carboxylic acids is 1. The lowest BCUT2D eigenvalue weighted by molar-refractivity contribution is -0.255. The maximum Gasteiger partial charge on any atom is 0.274 e. The summed E-state index contributed by atoms with van der Waals surface area (Å²) in [5.74, 6) is -1.24. The van der Waals surface area contributed by atoms with E-state index in [9.17, 15) is 14.7 Å². The summed E-state index contributed by atoms with van der Waals surface area (Å²) in [5.41, 5.74) is 2.11. The Bertz CT molecular complexity index is 1170. The quantitative estimate of drug-likeness (QED) is 0.548. The van der Waals surface area contributed by atoms with Crippen LogP contribution >= 0.6 is 11.3 Å². The van der Waals surface area contributed by atoms with Crippen LogP contribution < -0.4 is 15.2 Å². The normalized spacial score (nSPS) is 12.3. The highest BCUT2D eigenvalue weighted by Crippen LogP contribution is 2.15. The van der Waals surface area contributed by atoms with Gasteiger partial charge in [-0.15, -0.1) is 0 Å². The van der Waals surface area contributed by atoms with Crippen molar-refractivity contribution < 1.29 is 9.90 Å². The molecule has 0 saturated heterocycles. The zero-order chi connectivity index (χ0) is 16.0. The van der Waals surface area contributed by atoms with Crippen LogP contribution in [0.1, 0.15) is 15.9 Å². The average Bonchev–Trinajstić information content (AvgIpc) is 3.05. The van der Waals surface area contributed by atoms with Gasteiger partial charge in [0.1, 0.15) is 0 Å². The van der Waals surface area contributed by atoms with Crippen LogP contribution in [0, 0.1) is 0 Å². The Hall–Kier alpha value is -2.99. The first-order valence-electron chi connectivity index (χ1n) is 6.86. The van der Waals surface area contributed by atoms with Crippen molar-refractivity contribution in [2.45, 2.75) is 0 Å². The summed E-state index contributed by atoms with van der Waals surface area (Å²) < 4.78 is 2.09. The first-order valence-corrected chi connectivity index (χ1v) is 7.68. The van der Waals surface area contributed by atoms with Crippen molar-refractivity contribution in [1.82, 2.24) is 9.38 Å². The van der Waals surface area contributed by atoms with Crippen molar-refractivity contribution in [2.75, 3.05) is 0 Å². The van der Waals surface area contributed by atoms with Crippen molar-refractivity contribution in [1.29, 1.82) is 0 Å². The number of hydrogen-bond acceptors (Lipinski definition) is 5. The standard InChI is InChI=1S/C17H10N2O3S/c20-15-14(9-10-4-3-5-11(8-10)16(21)22)23-17-18-12-6-1-2-7-13(12)19(15)17/h1-9H,(H,21,22)/p-1. The van der Waals surface area contributed by atoms with E-state index < -0.39 is 5.97 Å². The van der Waals surface area contributed by atoms with Crippen LogP contribution in [-0.4, -0.2) is 15.4 Å². The van der Waals surface area contributed by atoms with Crippen molar-refractivity contribution in [2.24, 2.45) is 0 Å². The molecule has 4 rings (SSSR count). The van der Waals surface area contributed by atoms with Gasteiger partial charge in [0.05, 0.1) is 21.5 Å². The number of carbonyl (C=O) groups is 1. The number of carbonyl (C=O) groups excluding carboxylic acids is 1. The molecule has 5 nitrogen and oxygen atoms in total. The Balaban J connectivity index is 1.96. The van der Waals surface area contributed by atoms with E-state index in [-0.39, 0.29) is 11.1 Å². The van der Waals surface area contributed by atoms with Gasteiger partial charge < -0.3 is 9.90 Å². The van der Waals surface area contributed by atoms with Crippen LogP contribution in [0.3, 0.4) is 0 Å². The number of benzene rings is 2. The monoisotopic (exact) mass is 321 g/mol. The maximum absolute atomic E-state index is 12.6. The molecule has 112 valence electrons. The van der Waals surface area contributed by atoms with Gasteiger partial charge in [-0.1, -0.05) is 41.7 Å². The Morgan fingerprint density at radius 3 is 2.83 bits per heavy atom. The number of fused-ring (bicyclic) bond motifs is 3. The molecule has 0 bridgehead atoms. The predicted octanol–water partition coefficient (Wildman–Crippen LogP) is 0.820. The van der Waals surface area contributed by atoms with E-state index in [4.69, 9.17) is 0 Å². The van der Waals surface area contributed by atoms with E-state index in [1.165, 1.54) is 23.5 Å². The number of hydrogen-bond donors (Lipinski definition) is 0. The number of para-hydroxylation sites is 2. The summed E-state index contributed by atoms with van der Waals surface area (Å²) >= 11 is 1.28.